The summed E-state index contributed by atoms with van der Waals surface area (Å²) in [5.41, 5.74) is 5.22. The number of nitrogens with zero attached hydrogens (tertiary/aromatic N) is 1. The standard InChI is InChI=1S/C22H28N2O5/c1-14(2)17-8-7-15(3)9-19(17)29-13-22(25)24-23-12-16-10-20(27-5)21(28-6)11-18(16)26-4/h7-12,14H,13H2,1-6H3,(H,24,25)/b23-12+. The number of amides is 1. The number of nitrogens with one attached hydrogen (secondary N) is 1. The number of aryl methyl sites for hydroxylation is 1. The van der Waals surface area contributed by atoms with Crippen LogP contribution in [0.2, 0.25) is 0 Å². The minimum absolute atomic E-state index is 0.135. The van der Waals surface area contributed by atoms with Crippen LogP contribution in [0.1, 0.15) is 36.5 Å². The van der Waals surface area contributed by atoms with E-state index in [0.29, 0.717) is 34.5 Å². The topological polar surface area (TPSA) is 78.4 Å². The van der Waals surface area contributed by atoms with Crippen LogP contribution in [0.4, 0.5) is 0 Å². The molecule has 1 amide bonds. The van der Waals surface area contributed by atoms with Crippen molar-refractivity contribution in [2.24, 2.45) is 5.10 Å². The van der Waals surface area contributed by atoms with E-state index >= 15 is 0 Å². The Labute approximate surface area is 171 Å². The average molecular weight is 400 g/mol. The van der Waals surface area contributed by atoms with E-state index in [4.69, 9.17) is 18.9 Å². The molecule has 0 saturated heterocycles. The van der Waals surface area contributed by atoms with Gasteiger partial charge in [-0.05, 0) is 36.1 Å². The lowest BCUT2D eigenvalue weighted by Crippen LogP contribution is -2.25. The maximum atomic E-state index is 12.1. The van der Waals surface area contributed by atoms with Gasteiger partial charge in [0.15, 0.2) is 18.1 Å². The highest BCUT2D eigenvalue weighted by Crippen LogP contribution is 2.33. The van der Waals surface area contributed by atoms with Crippen LogP contribution in [0, 0.1) is 6.92 Å². The summed E-state index contributed by atoms with van der Waals surface area (Å²) in [6.45, 7) is 6.01. The van der Waals surface area contributed by atoms with Gasteiger partial charge in [-0.15, -0.1) is 0 Å². The summed E-state index contributed by atoms with van der Waals surface area (Å²) in [6, 6.07) is 9.39. The first kappa shape index (κ1) is 22.1. The van der Waals surface area contributed by atoms with Gasteiger partial charge >= 0.3 is 0 Å². The van der Waals surface area contributed by atoms with Crippen LogP contribution < -0.4 is 24.4 Å². The molecule has 0 aliphatic rings. The molecule has 0 saturated carbocycles. The molecule has 1 N–H and O–H groups in total. The van der Waals surface area contributed by atoms with Crippen LogP contribution in [0.25, 0.3) is 0 Å². The van der Waals surface area contributed by atoms with Crippen molar-refractivity contribution in [2.45, 2.75) is 26.7 Å². The van der Waals surface area contributed by atoms with Crippen molar-refractivity contribution >= 4 is 12.1 Å². The zero-order valence-corrected chi connectivity index (χ0v) is 17.7. The molecule has 0 spiro atoms. The Hall–Kier alpha value is -3.22. The third-order valence-corrected chi connectivity index (χ3v) is 4.28. The first-order valence-corrected chi connectivity index (χ1v) is 9.24. The van der Waals surface area contributed by atoms with E-state index in [0.717, 1.165) is 11.1 Å². The molecule has 156 valence electrons. The summed E-state index contributed by atoms with van der Waals surface area (Å²) in [5, 5.41) is 3.99. The van der Waals surface area contributed by atoms with Crippen LogP contribution in [0.5, 0.6) is 23.0 Å². The van der Waals surface area contributed by atoms with Crippen molar-refractivity contribution < 1.29 is 23.7 Å². The first-order chi connectivity index (χ1) is 13.9. The molecule has 29 heavy (non-hydrogen) atoms. The number of ether oxygens (including phenoxy) is 4. The van der Waals surface area contributed by atoms with Crippen LogP contribution in [-0.2, 0) is 4.79 Å². The number of hydrogen-bond donors (Lipinski definition) is 1. The van der Waals surface area contributed by atoms with E-state index in [1.54, 1.807) is 33.5 Å². The molecule has 0 aliphatic carbocycles. The SMILES string of the molecule is COc1cc(OC)c(OC)cc1/C=N/NC(=O)COc1cc(C)ccc1C(C)C. The normalized spacial score (nSPS) is 10.9. The Bertz CT molecular complexity index is 878. The lowest BCUT2D eigenvalue weighted by Gasteiger charge is -2.14. The monoisotopic (exact) mass is 400 g/mol. The number of hydrazone groups is 1. The lowest BCUT2D eigenvalue weighted by atomic mass is 10.0. The lowest BCUT2D eigenvalue weighted by molar-refractivity contribution is -0.123. The van der Waals surface area contributed by atoms with E-state index in [9.17, 15) is 4.79 Å². The molecule has 2 aromatic rings. The van der Waals surface area contributed by atoms with Crippen molar-refractivity contribution in [3.8, 4) is 23.0 Å². The Morgan fingerprint density at radius 2 is 1.66 bits per heavy atom. The molecule has 0 unspecified atom stereocenters. The van der Waals surface area contributed by atoms with Gasteiger partial charge in [-0.2, -0.15) is 5.10 Å². The Kier molecular flexibility index (Phi) is 7.88. The predicted molar refractivity (Wildman–Crippen MR) is 113 cm³/mol. The molecular formula is C22H28N2O5. The fraction of sp³-hybridized carbons (Fsp3) is 0.364. The van der Waals surface area contributed by atoms with E-state index < -0.39 is 0 Å². The molecule has 0 fully saturated rings. The molecule has 0 radical (unpaired) electrons. The number of benzene rings is 2. The second kappa shape index (κ2) is 10.4. The Morgan fingerprint density at radius 3 is 2.28 bits per heavy atom. The van der Waals surface area contributed by atoms with Gasteiger partial charge in [-0.3, -0.25) is 4.79 Å². The number of rotatable bonds is 9. The van der Waals surface area contributed by atoms with Gasteiger partial charge in [-0.25, -0.2) is 5.43 Å². The summed E-state index contributed by atoms with van der Waals surface area (Å²) in [7, 11) is 4.63. The highest BCUT2D eigenvalue weighted by atomic mass is 16.5. The maximum absolute atomic E-state index is 12.1. The highest BCUT2D eigenvalue weighted by Gasteiger charge is 2.12. The second-order valence-electron chi connectivity index (χ2n) is 6.73. The van der Waals surface area contributed by atoms with Gasteiger partial charge in [-0.1, -0.05) is 26.0 Å². The summed E-state index contributed by atoms with van der Waals surface area (Å²) in [4.78, 5) is 12.1. The minimum atomic E-state index is -0.364. The second-order valence-corrected chi connectivity index (χ2v) is 6.73. The highest BCUT2D eigenvalue weighted by molar-refractivity contribution is 5.86. The van der Waals surface area contributed by atoms with Gasteiger partial charge in [0.25, 0.3) is 5.91 Å². The van der Waals surface area contributed by atoms with Crippen molar-refractivity contribution in [2.75, 3.05) is 27.9 Å². The van der Waals surface area contributed by atoms with Crippen molar-refractivity contribution in [3.05, 3.63) is 47.0 Å². The fourth-order valence-electron chi connectivity index (χ4n) is 2.75. The van der Waals surface area contributed by atoms with E-state index in [-0.39, 0.29) is 12.5 Å². The van der Waals surface area contributed by atoms with Crippen LogP contribution in [0.3, 0.4) is 0 Å². The molecule has 0 bridgehead atoms. The molecule has 7 nitrogen and oxygen atoms in total. The quantitative estimate of drug-likeness (QED) is 0.513. The first-order valence-electron chi connectivity index (χ1n) is 9.24. The zero-order chi connectivity index (χ0) is 21.4. The van der Waals surface area contributed by atoms with Crippen molar-refractivity contribution in [3.63, 3.8) is 0 Å². The van der Waals surface area contributed by atoms with Gasteiger partial charge in [0.1, 0.15) is 11.5 Å². The van der Waals surface area contributed by atoms with Gasteiger partial charge in [0.2, 0.25) is 0 Å². The Morgan fingerprint density at radius 1 is 1.00 bits per heavy atom. The summed E-state index contributed by atoms with van der Waals surface area (Å²) in [5.74, 6) is 2.25. The van der Waals surface area contributed by atoms with Crippen LogP contribution in [0.15, 0.2) is 35.4 Å². The van der Waals surface area contributed by atoms with Crippen LogP contribution in [-0.4, -0.2) is 40.1 Å². The minimum Gasteiger partial charge on any atom is -0.496 e. The molecule has 0 aliphatic heterocycles. The van der Waals surface area contributed by atoms with E-state index in [1.807, 2.05) is 25.1 Å². The molecular weight excluding hydrogens is 372 g/mol. The van der Waals surface area contributed by atoms with Gasteiger partial charge < -0.3 is 18.9 Å². The average Bonchev–Trinajstić information content (AvgIpc) is 2.71. The smallest absolute Gasteiger partial charge is 0.277 e. The van der Waals surface area contributed by atoms with Crippen LogP contribution >= 0.6 is 0 Å². The maximum Gasteiger partial charge on any atom is 0.277 e. The van der Waals surface area contributed by atoms with Crippen molar-refractivity contribution in [1.29, 1.82) is 0 Å². The zero-order valence-electron chi connectivity index (χ0n) is 17.7. The fourth-order valence-corrected chi connectivity index (χ4v) is 2.75. The van der Waals surface area contributed by atoms with Gasteiger partial charge in [0.05, 0.1) is 27.5 Å². The van der Waals surface area contributed by atoms with Gasteiger partial charge in [0, 0.05) is 11.6 Å². The Balaban J connectivity index is 2.03. The molecule has 0 atom stereocenters. The number of carbonyl (C=O) groups is 1. The third kappa shape index (κ3) is 5.88. The molecule has 2 rings (SSSR count). The predicted octanol–water partition coefficient (Wildman–Crippen LogP) is 3.67. The third-order valence-electron chi connectivity index (χ3n) is 4.28. The van der Waals surface area contributed by atoms with E-state index in [1.165, 1.54) is 6.21 Å². The summed E-state index contributed by atoms with van der Waals surface area (Å²) in [6.07, 6.45) is 1.48. The molecule has 7 heteroatoms. The van der Waals surface area contributed by atoms with E-state index in [2.05, 4.69) is 24.4 Å². The summed E-state index contributed by atoms with van der Waals surface area (Å²) < 4.78 is 21.6. The molecule has 0 aromatic heterocycles. The largest absolute Gasteiger partial charge is 0.496 e. The van der Waals surface area contributed by atoms with Crippen molar-refractivity contribution in [1.82, 2.24) is 5.43 Å². The number of hydrogen-bond acceptors (Lipinski definition) is 6. The molecule has 0 heterocycles. The number of carbonyl (C=O) groups excluding carboxylic acids is 1. The molecule has 2 aromatic carbocycles. The number of methoxy groups -OCH3 is 3. The summed E-state index contributed by atoms with van der Waals surface area (Å²) >= 11 is 0.